The van der Waals surface area contributed by atoms with Crippen molar-refractivity contribution in [1.82, 2.24) is 5.32 Å². The lowest BCUT2D eigenvalue weighted by molar-refractivity contribution is 0.00631. The normalized spacial score (nSPS) is 24.5. The van der Waals surface area contributed by atoms with Gasteiger partial charge in [0.2, 0.25) is 0 Å². The Morgan fingerprint density at radius 2 is 2.00 bits per heavy atom. The third-order valence-electron chi connectivity index (χ3n) is 4.82. The fourth-order valence-corrected chi connectivity index (χ4v) is 3.65. The highest BCUT2D eigenvalue weighted by atomic mass is 79.9. The van der Waals surface area contributed by atoms with E-state index in [1.165, 1.54) is 12.0 Å². The summed E-state index contributed by atoms with van der Waals surface area (Å²) in [5.74, 6) is 1.69. The van der Waals surface area contributed by atoms with Gasteiger partial charge in [0.15, 0.2) is 0 Å². The second-order valence-corrected chi connectivity index (χ2v) is 7.99. The van der Waals surface area contributed by atoms with Gasteiger partial charge in [0.25, 0.3) is 0 Å². The number of rotatable bonds is 5. The molecule has 1 aromatic rings. The number of carbonyl (C=O) groups excluding carboxylic acids is 1. The quantitative estimate of drug-likeness (QED) is 0.762. The lowest BCUT2D eigenvalue weighted by Gasteiger charge is -2.36. The molecule has 1 amide bonds. The van der Waals surface area contributed by atoms with Crippen LogP contribution in [-0.2, 0) is 11.2 Å². The Bertz CT molecular complexity index is 501. The Kier molecular flexibility index (Phi) is 6.94. The number of halogens is 1. The van der Waals surface area contributed by atoms with E-state index in [-0.39, 0.29) is 12.2 Å². The van der Waals surface area contributed by atoms with Gasteiger partial charge in [0.05, 0.1) is 0 Å². The molecule has 1 aliphatic carbocycles. The zero-order chi connectivity index (χ0) is 16.8. The van der Waals surface area contributed by atoms with Crippen molar-refractivity contribution >= 4 is 22.0 Å². The van der Waals surface area contributed by atoms with E-state index in [9.17, 15) is 4.79 Å². The number of alkyl carbamates (subject to hydrolysis) is 1. The van der Waals surface area contributed by atoms with Gasteiger partial charge < -0.3 is 10.1 Å². The molecule has 23 heavy (non-hydrogen) atoms. The molecule has 0 heterocycles. The van der Waals surface area contributed by atoms with Crippen LogP contribution in [0.25, 0.3) is 0 Å². The first kappa shape index (κ1) is 18.3. The molecule has 128 valence electrons. The first-order valence-electron chi connectivity index (χ1n) is 8.64. The summed E-state index contributed by atoms with van der Waals surface area (Å²) in [4.78, 5) is 12.1. The van der Waals surface area contributed by atoms with Crippen molar-refractivity contribution in [3.05, 3.63) is 34.3 Å². The van der Waals surface area contributed by atoms with Crippen LogP contribution in [0.15, 0.2) is 28.7 Å². The van der Waals surface area contributed by atoms with Crippen molar-refractivity contribution in [2.24, 2.45) is 17.8 Å². The van der Waals surface area contributed by atoms with Crippen LogP contribution < -0.4 is 5.32 Å². The summed E-state index contributed by atoms with van der Waals surface area (Å²) in [6.45, 7) is 7.30. The molecule has 1 aromatic carbocycles. The number of carbonyl (C=O) groups is 1. The summed E-state index contributed by atoms with van der Waals surface area (Å²) in [5, 5.41) is 2.89. The predicted octanol–water partition coefficient (Wildman–Crippen LogP) is 5.18. The molecule has 1 aliphatic rings. The maximum Gasteiger partial charge on any atom is 0.407 e. The van der Waals surface area contributed by atoms with Gasteiger partial charge in [-0.05, 0) is 54.7 Å². The molecule has 0 bridgehead atoms. The molecule has 3 atom stereocenters. The van der Waals surface area contributed by atoms with Crippen LogP contribution in [0.5, 0.6) is 0 Å². The number of hydrogen-bond donors (Lipinski definition) is 1. The Morgan fingerprint density at radius 1 is 1.30 bits per heavy atom. The number of amides is 1. The van der Waals surface area contributed by atoms with E-state index in [0.29, 0.717) is 24.3 Å². The molecule has 0 aromatic heterocycles. The van der Waals surface area contributed by atoms with Gasteiger partial charge in [-0.1, -0.05) is 55.3 Å². The highest BCUT2D eigenvalue weighted by molar-refractivity contribution is 9.10. The Hall–Kier alpha value is -1.03. The highest BCUT2D eigenvalue weighted by Crippen LogP contribution is 2.35. The van der Waals surface area contributed by atoms with E-state index >= 15 is 0 Å². The molecule has 2 rings (SSSR count). The maximum atomic E-state index is 12.1. The molecule has 0 aliphatic heterocycles. The molecule has 1 N–H and O–H groups in total. The van der Waals surface area contributed by atoms with Crippen LogP contribution in [0.1, 0.15) is 45.6 Å². The lowest BCUT2D eigenvalue weighted by atomic mass is 9.75. The number of hydrogen-bond acceptors (Lipinski definition) is 2. The average Bonchev–Trinajstić information content (AvgIpc) is 2.49. The second kappa shape index (κ2) is 8.72. The monoisotopic (exact) mass is 381 g/mol. The van der Waals surface area contributed by atoms with Gasteiger partial charge in [-0.2, -0.15) is 0 Å². The number of ether oxygens (including phenoxy) is 1. The number of nitrogens with one attached hydrogen (secondary N) is 1. The SMILES string of the molecule is CC(C)C1CC[C@@H](C)C[C@H]1OC(=O)NCCc1ccc(Br)cc1. The van der Waals surface area contributed by atoms with Crippen LogP contribution in [0, 0.1) is 17.8 Å². The third kappa shape index (κ3) is 5.83. The van der Waals surface area contributed by atoms with Gasteiger partial charge in [-0.15, -0.1) is 0 Å². The molecule has 1 saturated carbocycles. The first-order chi connectivity index (χ1) is 11.0. The molecule has 3 nitrogen and oxygen atoms in total. The van der Waals surface area contributed by atoms with E-state index in [1.54, 1.807) is 0 Å². The number of benzene rings is 1. The van der Waals surface area contributed by atoms with Crippen molar-refractivity contribution < 1.29 is 9.53 Å². The average molecular weight is 382 g/mol. The molecule has 0 saturated heterocycles. The van der Waals surface area contributed by atoms with Crippen molar-refractivity contribution in [2.45, 2.75) is 52.6 Å². The summed E-state index contributed by atoms with van der Waals surface area (Å²) < 4.78 is 6.80. The molecule has 1 unspecified atom stereocenters. The Labute approximate surface area is 148 Å². The molecular formula is C19H28BrNO2. The third-order valence-corrected chi connectivity index (χ3v) is 5.34. The Balaban J connectivity index is 1.77. The topological polar surface area (TPSA) is 38.3 Å². The minimum Gasteiger partial charge on any atom is -0.446 e. The predicted molar refractivity (Wildman–Crippen MR) is 97.5 cm³/mol. The summed E-state index contributed by atoms with van der Waals surface area (Å²) >= 11 is 3.42. The first-order valence-corrected chi connectivity index (χ1v) is 9.44. The van der Waals surface area contributed by atoms with Crippen LogP contribution in [-0.4, -0.2) is 18.7 Å². The highest BCUT2D eigenvalue weighted by Gasteiger charge is 2.33. The Morgan fingerprint density at radius 3 is 2.65 bits per heavy atom. The standard InChI is InChI=1S/C19H28BrNO2/c1-13(2)17-9-4-14(3)12-18(17)23-19(22)21-11-10-15-5-7-16(20)8-6-15/h5-8,13-14,17-18H,4,9-12H2,1-3H3,(H,21,22)/t14-,17?,18-/m1/s1. The van der Waals surface area contributed by atoms with Crippen LogP contribution in [0.2, 0.25) is 0 Å². The minimum atomic E-state index is -0.271. The summed E-state index contributed by atoms with van der Waals surface area (Å²) in [5.41, 5.74) is 1.21. The summed E-state index contributed by atoms with van der Waals surface area (Å²) in [6, 6.07) is 8.16. The fraction of sp³-hybridized carbons (Fsp3) is 0.632. The molecule has 0 radical (unpaired) electrons. The van der Waals surface area contributed by atoms with Gasteiger partial charge in [-0.25, -0.2) is 4.79 Å². The van der Waals surface area contributed by atoms with Crippen molar-refractivity contribution in [2.75, 3.05) is 6.54 Å². The van der Waals surface area contributed by atoms with Gasteiger partial charge in [-0.3, -0.25) is 0 Å². The van der Waals surface area contributed by atoms with E-state index in [2.05, 4.69) is 54.2 Å². The van der Waals surface area contributed by atoms with E-state index in [4.69, 9.17) is 4.74 Å². The largest absolute Gasteiger partial charge is 0.446 e. The lowest BCUT2D eigenvalue weighted by Crippen LogP contribution is -2.39. The summed E-state index contributed by atoms with van der Waals surface area (Å²) in [7, 11) is 0. The minimum absolute atomic E-state index is 0.0615. The smallest absolute Gasteiger partial charge is 0.407 e. The molecular weight excluding hydrogens is 354 g/mol. The van der Waals surface area contributed by atoms with Gasteiger partial charge >= 0.3 is 6.09 Å². The molecule has 4 heteroatoms. The fourth-order valence-electron chi connectivity index (χ4n) is 3.39. The zero-order valence-corrected chi connectivity index (χ0v) is 15.9. The van der Waals surface area contributed by atoms with Crippen molar-refractivity contribution in [1.29, 1.82) is 0 Å². The van der Waals surface area contributed by atoms with E-state index in [1.807, 2.05) is 12.1 Å². The molecule has 1 fully saturated rings. The van der Waals surface area contributed by atoms with Crippen molar-refractivity contribution in [3.8, 4) is 0 Å². The van der Waals surface area contributed by atoms with Crippen LogP contribution in [0.4, 0.5) is 4.79 Å². The van der Waals surface area contributed by atoms with Crippen LogP contribution in [0.3, 0.4) is 0 Å². The zero-order valence-electron chi connectivity index (χ0n) is 14.3. The molecule has 0 spiro atoms. The van der Waals surface area contributed by atoms with Crippen LogP contribution >= 0.6 is 15.9 Å². The van der Waals surface area contributed by atoms with E-state index in [0.717, 1.165) is 23.7 Å². The summed E-state index contributed by atoms with van der Waals surface area (Å²) in [6.07, 6.45) is 4.00. The van der Waals surface area contributed by atoms with E-state index < -0.39 is 0 Å². The maximum absolute atomic E-state index is 12.1. The van der Waals surface area contributed by atoms with Crippen molar-refractivity contribution in [3.63, 3.8) is 0 Å². The van der Waals surface area contributed by atoms with Gasteiger partial charge in [0, 0.05) is 11.0 Å². The second-order valence-electron chi connectivity index (χ2n) is 7.07. The van der Waals surface area contributed by atoms with Gasteiger partial charge in [0.1, 0.15) is 6.10 Å².